The van der Waals surface area contributed by atoms with Gasteiger partial charge in [0.05, 0.1) is 17.5 Å². The Morgan fingerprint density at radius 1 is 1.37 bits per heavy atom. The van der Waals surface area contributed by atoms with Gasteiger partial charge in [-0.2, -0.15) is 0 Å². The van der Waals surface area contributed by atoms with E-state index in [0.717, 1.165) is 36.6 Å². The van der Waals surface area contributed by atoms with Crippen molar-refractivity contribution in [3.05, 3.63) is 17.6 Å². The molecule has 0 atom stereocenters. The molecule has 4 nitrogen and oxygen atoms in total. The van der Waals surface area contributed by atoms with Crippen molar-refractivity contribution in [1.82, 2.24) is 9.97 Å². The van der Waals surface area contributed by atoms with Crippen molar-refractivity contribution >= 4 is 5.82 Å². The summed E-state index contributed by atoms with van der Waals surface area (Å²) in [5, 5.41) is 12.8. The molecule has 3 rings (SSSR count). The highest BCUT2D eigenvalue weighted by atomic mass is 16.3. The maximum Gasteiger partial charge on any atom is 0.148 e. The van der Waals surface area contributed by atoms with Crippen molar-refractivity contribution in [2.45, 2.75) is 57.5 Å². The van der Waals surface area contributed by atoms with Crippen LogP contribution < -0.4 is 5.32 Å². The minimum Gasteiger partial charge on any atom is -0.393 e. The summed E-state index contributed by atoms with van der Waals surface area (Å²) in [6.45, 7) is 5.21. The Hall–Kier alpha value is -1.16. The molecular formula is C15H23N3O. The third-order valence-corrected chi connectivity index (χ3v) is 4.13. The highest BCUT2D eigenvalue weighted by molar-refractivity contribution is 5.43. The molecule has 2 fully saturated rings. The standard InChI is InChI=1S/C15H23N3O/c1-9(2)14-15(17-7-10-5-12(19)6-10)18-13(8-16-14)11-3-4-11/h8-12,19H,3-7H2,1-2H3,(H,17,18). The second-order valence-corrected chi connectivity index (χ2v) is 6.33. The molecule has 0 saturated heterocycles. The molecule has 19 heavy (non-hydrogen) atoms. The van der Waals surface area contributed by atoms with Gasteiger partial charge < -0.3 is 10.4 Å². The molecule has 0 unspecified atom stereocenters. The number of aromatic nitrogens is 2. The highest BCUT2D eigenvalue weighted by Crippen LogP contribution is 2.39. The molecule has 0 aromatic carbocycles. The van der Waals surface area contributed by atoms with Gasteiger partial charge >= 0.3 is 0 Å². The molecule has 0 aliphatic heterocycles. The van der Waals surface area contributed by atoms with Crippen LogP contribution in [0.4, 0.5) is 5.82 Å². The zero-order valence-corrected chi connectivity index (χ0v) is 11.8. The fraction of sp³-hybridized carbons (Fsp3) is 0.733. The van der Waals surface area contributed by atoms with Crippen LogP contribution in [0.2, 0.25) is 0 Å². The van der Waals surface area contributed by atoms with Gasteiger partial charge in [-0.3, -0.25) is 4.98 Å². The van der Waals surface area contributed by atoms with E-state index < -0.39 is 0 Å². The predicted molar refractivity (Wildman–Crippen MR) is 75.3 cm³/mol. The number of nitrogens with one attached hydrogen (secondary N) is 1. The molecule has 0 amide bonds. The zero-order valence-electron chi connectivity index (χ0n) is 11.8. The van der Waals surface area contributed by atoms with Gasteiger partial charge in [-0.1, -0.05) is 13.8 Å². The molecule has 1 heterocycles. The SMILES string of the molecule is CC(C)c1ncc(C2CC2)nc1NCC1CC(O)C1. The lowest BCUT2D eigenvalue weighted by Crippen LogP contribution is -2.33. The van der Waals surface area contributed by atoms with Crippen molar-refractivity contribution in [2.24, 2.45) is 5.92 Å². The molecule has 2 saturated carbocycles. The summed E-state index contributed by atoms with van der Waals surface area (Å²) in [5.41, 5.74) is 2.20. The van der Waals surface area contributed by atoms with E-state index in [1.54, 1.807) is 0 Å². The molecule has 2 aliphatic carbocycles. The van der Waals surface area contributed by atoms with Crippen molar-refractivity contribution in [1.29, 1.82) is 0 Å². The largest absolute Gasteiger partial charge is 0.393 e. The second kappa shape index (κ2) is 5.08. The summed E-state index contributed by atoms with van der Waals surface area (Å²) in [7, 11) is 0. The Kier molecular flexibility index (Phi) is 3.44. The van der Waals surface area contributed by atoms with Gasteiger partial charge in [0.1, 0.15) is 5.82 Å². The predicted octanol–water partition coefficient (Wildman–Crippen LogP) is 2.66. The first-order valence-electron chi connectivity index (χ1n) is 7.42. The van der Waals surface area contributed by atoms with E-state index >= 15 is 0 Å². The monoisotopic (exact) mass is 261 g/mol. The smallest absolute Gasteiger partial charge is 0.148 e. The van der Waals surface area contributed by atoms with E-state index in [9.17, 15) is 5.11 Å². The van der Waals surface area contributed by atoms with Gasteiger partial charge in [-0.25, -0.2) is 4.98 Å². The zero-order chi connectivity index (χ0) is 13.4. The number of rotatable bonds is 5. The summed E-state index contributed by atoms with van der Waals surface area (Å²) in [6.07, 6.45) is 6.21. The van der Waals surface area contributed by atoms with Gasteiger partial charge in [0.2, 0.25) is 0 Å². The number of nitrogens with zero attached hydrogens (tertiary/aromatic N) is 2. The summed E-state index contributed by atoms with van der Waals surface area (Å²) in [5.74, 6) is 2.57. The molecule has 0 radical (unpaired) electrons. The van der Waals surface area contributed by atoms with Crippen LogP contribution in [0.1, 0.15) is 62.8 Å². The lowest BCUT2D eigenvalue weighted by Gasteiger charge is -2.31. The summed E-state index contributed by atoms with van der Waals surface area (Å²) < 4.78 is 0. The van der Waals surface area contributed by atoms with Crippen LogP contribution in [0.25, 0.3) is 0 Å². The molecular weight excluding hydrogens is 238 g/mol. The minimum atomic E-state index is -0.0831. The molecule has 104 valence electrons. The average Bonchev–Trinajstić information content (AvgIpc) is 3.16. The van der Waals surface area contributed by atoms with Crippen LogP contribution in [-0.2, 0) is 0 Å². The Labute approximate surface area is 114 Å². The summed E-state index contributed by atoms with van der Waals surface area (Å²) in [4.78, 5) is 9.37. The van der Waals surface area contributed by atoms with Gasteiger partial charge in [-0.05, 0) is 37.5 Å². The molecule has 2 N–H and O–H groups in total. The Bertz CT molecular complexity index is 451. The minimum absolute atomic E-state index is 0.0831. The first kappa shape index (κ1) is 12.9. The number of aliphatic hydroxyl groups is 1. The van der Waals surface area contributed by atoms with Gasteiger partial charge in [-0.15, -0.1) is 0 Å². The highest BCUT2D eigenvalue weighted by Gasteiger charge is 2.28. The normalized spacial score (nSPS) is 26.3. The van der Waals surface area contributed by atoms with Crippen LogP contribution in [0.3, 0.4) is 0 Å². The van der Waals surface area contributed by atoms with E-state index in [2.05, 4.69) is 24.1 Å². The number of anilines is 1. The van der Waals surface area contributed by atoms with E-state index in [0.29, 0.717) is 17.8 Å². The van der Waals surface area contributed by atoms with Crippen LogP contribution in [0, 0.1) is 5.92 Å². The second-order valence-electron chi connectivity index (χ2n) is 6.33. The lowest BCUT2D eigenvalue weighted by molar-refractivity contribution is 0.0486. The molecule has 1 aromatic heterocycles. The maximum absolute atomic E-state index is 9.33. The molecule has 1 aromatic rings. The fourth-order valence-electron chi connectivity index (χ4n) is 2.65. The topological polar surface area (TPSA) is 58.0 Å². The van der Waals surface area contributed by atoms with Crippen molar-refractivity contribution < 1.29 is 5.11 Å². The van der Waals surface area contributed by atoms with Crippen LogP contribution >= 0.6 is 0 Å². The Balaban J connectivity index is 1.70. The van der Waals surface area contributed by atoms with Crippen molar-refractivity contribution in [2.75, 3.05) is 11.9 Å². The van der Waals surface area contributed by atoms with E-state index in [1.807, 2.05) is 6.20 Å². The maximum atomic E-state index is 9.33. The van der Waals surface area contributed by atoms with Crippen molar-refractivity contribution in [3.8, 4) is 0 Å². The van der Waals surface area contributed by atoms with Gasteiger partial charge in [0.15, 0.2) is 0 Å². The number of hydrogen-bond donors (Lipinski definition) is 2. The van der Waals surface area contributed by atoms with E-state index in [1.165, 1.54) is 12.8 Å². The third-order valence-electron chi connectivity index (χ3n) is 4.13. The Morgan fingerprint density at radius 3 is 2.68 bits per heavy atom. The molecule has 4 heteroatoms. The third kappa shape index (κ3) is 2.89. The average molecular weight is 261 g/mol. The first-order valence-corrected chi connectivity index (χ1v) is 7.42. The van der Waals surface area contributed by atoms with Crippen molar-refractivity contribution in [3.63, 3.8) is 0 Å². The van der Waals surface area contributed by atoms with E-state index in [-0.39, 0.29) is 6.10 Å². The molecule has 0 bridgehead atoms. The quantitative estimate of drug-likeness (QED) is 0.855. The van der Waals surface area contributed by atoms with Gasteiger partial charge in [0.25, 0.3) is 0 Å². The molecule has 0 spiro atoms. The Morgan fingerprint density at radius 2 is 2.11 bits per heavy atom. The number of hydrogen-bond acceptors (Lipinski definition) is 4. The lowest BCUT2D eigenvalue weighted by atomic mass is 9.82. The summed E-state index contributed by atoms with van der Waals surface area (Å²) >= 11 is 0. The van der Waals surface area contributed by atoms with Crippen LogP contribution in [0.5, 0.6) is 0 Å². The van der Waals surface area contributed by atoms with E-state index in [4.69, 9.17) is 4.98 Å². The fourth-order valence-corrected chi connectivity index (χ4v) is 2.65. The summed E-state index contributed by atoms with van der Waals surface area (Å²) in [6, 6.07) is 0. The van der Waals surface area contributed by atoms with Gasteiger partial charge in [0, 0.05) is 18.7 Å². The first-order chi connectivity index (χ1) is 9.13. The molecule has 2 aliphatic rings. The van der Waals surface area contributed by atoms with Crippen LogP contribution in [-0.4, -0.2) is 27.7 Å². The van der Waals surface area contributed by atoms with Crippen LogP contribution in [0.15, 0.2) is 6.20 Å². The number of aliphatic hydroxyl groups excluding tert-OH is 1.